The molecule has 2 nitrogen and oxygen atoms in total. The third-order valence-corrected chi connectivity index (χ3v) is 2.07. The summed E-state index contributed by atoms with van der Waals surface area (Å²) in [6.45, 7) is 2.06. The van der Waals surface area contributed by atoms with Crippen molar-refractivity contribution in [3.05, 3.63) is 35.9 Å². The minimum atomic E-state index is 0.117. The van der Waals surface area contributed by atoms with Crippen LogP contribution in [0.4, 0.5) is 0 Å². The van der Waals surface area contributed by atoms with Crippen LogP contribution in [0.25, 0.3) is 0 Å². The zero-order valence-corrected chi connectivity index (χ0v) is 6.97. The molecule has 0 bridgehead atoms. The Hall–Kier alpha value is -1.31. The van der Waals surface area contributed by atoms with Gasteiger partial charge in [0.15, 0.2) is 6.40 Å². The minimum Gasteiger partial charge on any atom is -0.473 e. The summed E-state index contributed by atoms with van der Waals surface area (Å²) in [5, 5.41) is 0. The second-order valence-corrected chi connectivity index (χ2v) is 2.96. The number of hydrogen-bond acceptors (Lipinski definition) is 2. The predicted molar refractivity (Wildman–Crippen MR) is 48.2 cm³/mol. The number of benzene rings is 1. The first kappa shape index (κ1) is 7.35. The molecule has 0 aliphatic carbocycles. The van der Waals surface area contributed by atoms with Gasteiger partial charge >= 0.3 is 0 Å². The maximum atomic E-state index is 5.36. The lowest BCUT2D eigenvalue weighted by Gasteiger charge is -2.13. The minimum absolute atomic E-state index is 0.117. The van der Waals surface area contributed by atoms with Crippen molar-refractivity contribution in [2.45, 2.75) is 19.1 Å². The van der Waals surface area contributed by atoms with Crippen LogP contribution in [0.5, 0.6) is 0 Å². The van der Waals surface area contributed by atoms with E-state index in [4.69, 9.17) is 4.74 Å². The summed E-state index contributed by atoms with van der Waals surface area (Å²) >= 11 is 0. The molecular weight excluding hydrogens is 150 g/mol. The summed E-state index contributed by atoms with van der Waals surface area (Å²) in [6.07, 6.45) is 1.66. The highest BCUT2D eigenvalue weighted by molar-refractivity contribution is 5.50. The van der Waals surface area contributed by atoms with Crippen LogP contribution in [0.2, 0.25) is 0 Å². The Morgan fingerprint density at radius 2 is 2.00 bits per heavy atom. The lowest BCUT2D eigenvalue weighted by atomic mass is 10.0. The highest BCUT2D eigenvalue weighted by Crippen LogP contribution is 2.25. The van der Waals surface area contributed by atoms with E-state index in [9.17, 15) is 0 Å². The molecule has 2 rings (SSSR count). The van der Waals surface area contributed by atoms with Crippen molar-refractivity contribution in [2.75, 3.05) is 0 Å². The van der Waals surface area contributed by atoms with Crippen LogP contribution in [-0.2, 0) is 4.74 Å². The molecule has 0 fully saturated rings. The van der Waals surface area contributed by atoms with Crippen LogP contribution in [0, 0.1) is 0 Å². The molecule has 1 aromatic carbocycles. The maximum Gasteiger partial charge on any atom is 0.170 e. The van der Waals surface area contributed by atoms with Gasteiger partial charge in [-0.3, -0.25) is 4.99 Å². The second-order valence-electron chi connectivity index (χ2n) is 2.96. The van der Waals surface area contributed by atoms with E-state index in [0.29, 0.717) is 0 Å². The summed E-state index contributed by atoms with van der Waals surface area (Å²) in [5.74, 6) is 0. The molecule has 1 aliphatic rings. The van der Waals surface area contributed by atoms with Gasteiger partial charge < -0.3 is 4.74 Å². The predicted octanol–water partition coefficient (Wildman–Crippen LogP) is 2.17. The molecule has 1 aliphatic heterocycles. The Balaban J connectivity index is 2.22. The van der Waals surface area contributed by atoms with Gasteiger partial charge in [-0.2, -0.15) is 0 Å². The molecule has 0 unspecified atom stereocenters. The van der Waals surface area contributed by atoms with Crippen molar-refractivity contribution in [3.63, 3.8) is 0 Å². The van der Waals surface area contributed by atoms with Gasteiger partial charge in [0, 0.05) is 0 Å². The van der Waals surface area contributed by atoms with E-state index in [-0.39, 0.29) is 12.1 Å². The van der Waals surface area contributed by atoms with Gasteiger partial charge in [-0.05, 0) is 12.5 Å². The number of ether oxygens (including phenoxy) is 1. The fourth-order valence-electron chi connectivity index (χ4n) is 1.39. The Labute approximate surface area is 71.9 Å². The van der Waals surface area contributed by atoms with Crippen LogP contribution >= 0.6 is 0 Å². The average molecular weight is 161 g/mol. The number of rotatable bonds is 1. The van der Waals surface area contributed by atoms with Gasteiger partial charge in [-0.1, -0.05) is 30.3 Å². The summed E-state index contributed by atoms with van der Waals surface area (Å²) in [6, 6.07) is 10.4. The van der Waals surface area contributed by atoms with E-state index in [2.05, 4.69) is 24.0 Å². The molecular formula is C10H11NO. The molecule has 12 heavy (non-hydrogen) atoms. The van der Waals surface area contributed by atoms with Crippen molar-refractivity contribution in [2.24, 2.45) is 4.99 Å². The lowest BCUT2D eigenvalue weighted by Crippen LogP contribution is -2.08. The molecule has 62 valence electrons. The first-order chi connectivity index (χ1) is 5.88. The topological polar surface area (TPSA) is 21.6 Å². The van der Waals surface area contributed by atoms with Gasteiger partial charge in [-0.25, -0.2) is 0 Å². The first-order valence-electron chi connectivity index (χ1n) is 4.10. The molecule has 0 spiro atoms. The molecule has 2 atom stereocenters. The van der Waals surface area contributed by atoms with E-state index < -0.39 is 0 Å². The fourth-order valence-corrected chi connectivity index (χ4v) is 1.39. The zero-order valence-electron chi connectivity index (χ0n) is 6.97. The lowest BCUT2D eigenvalue weighted by molar-refractivity contribution is 0.210. The Bertz CT molecular complexity index is 281. The number of hydrogen-bond donors (Lipinski definition) is 0. The van der Waals surface area contributed by atoms with E-state index in [0.717, 1.165) is 0 Å². The highest BCUT2D eigenvalue weighted by atomic mass is 16.5. The second kappa shape index (κ2) is 2.97. The number of nitrogens with zero attached hydrogens (tertiary/aromatic N) is 1. The van der Waals surface area contributed by atoms with E-state index in [1.54, 1.807) is 6.40 Å². The van der Waals surface area contributed by atoms with E-state index >= 15 is 0 Å². The Morgan fingerprint density at radius 1 is 1.25 bits per heavy atom. The van der Waals surface area contributed by atoms with Gasteiger partial charge in [0.05, 0.1) is 6.04 Å². The normalized spacial score (nSPS) is 27.1. The molecule has 2 heteroatoms. The van der Waals surface area contributed by atoms with Crippen molar-refractivity contribution < 1.29 is 4.74 Å². The zero-order chi connectivity index (χ0) is 8.39. The van der Waals surface area contributed by atoms with E-state index in [1.807, 2.05) is 18.2 Å². The Morgan fingerprint density at radius 3 is 2.58 bits per heavy atom. The molecule has 0 N–H and O–H groups in total. The standard InChI is InChI=1S/C10H11NO/c1-8-10(12-7-11-8)9-5-3-2-4-6-9/h2-8,10H,1H3/t8-,10-/m0/s1. The Kier molecular flexibility index (Phi) is 1.82. The third kappa shape index (κ3) is 1.20. The van der Waals surface area contributed by atoms with Crippen molar-refractivity contribution in [3.8, 4) is 0 Å². The summed E-state index contributed by atoms with van der Waals surface area (Å²) in [7, 11) is 0. The van der Waals surface area contributed by atoms with E-state index in [1.165, 1.54) is 5.56 Å². The summed E-state index contributed by atoms with van der Waals surface area (Å²) in [4.78, 5) is 4.15. The third-order valence-electron chi connectivity index (χ3n) is 2.07. The molecule has 1 heterocycles. The summed E-state index contributed by atoms with van der Waals surface area (Å²) in [5.41, 5.74) is 1.20. The SMILES string of the molecule is C[C@@H]1N=CO[C@@H]1c1ccccc1. The van der Waals surface area contributed by atoms with Crippen LogP contribution in [0.1, 0.15) is 18.6 Å². The molecule has 0 aromatic heterocycles. The molecule has 1 aromatic rings. The van der Waals surface area contributed by atoms with Crippen molar-refractivity contribution in [1.29, 1.82) is 0 Å². The molecule has 0 saturated carbocycles. The molecule has 0 amide bonds. The largest absolute Gasteiger partial charge is 0.473 e. The van der Waals surface area contributed by atoms with Crippen molar-refractivity contribution >= 4 is 6.40 Å². The van der Waals surface area contributed by atoms with Crippen molar-refractivity contribution in [1.82, 2.24) is 0 Å². The molecule has 0 saturated heterocycles. The van der Waals surface area contributed by atoms with Gasteiger partial charge in [0.2, 0.25) is 0 Å². The monoisotopic (exact) mass is 161 g/mol. The highest BCUT2D eigenvalue weighted by Gasteiger charge is 2.22. The van der Waals surface area contributed by atoms with Gasteiger partial charge in [0.25, 0.3) is 0 Å². The quantitative estimate of drug-likeness (QED) is 0.618. The summed E-state index contributed by atoms with van der Waals surface area (Å²) < 4.78 is 5.36. The maximum absolute atomic E-state index is 5.36. The fraction of sp³-hybridized carbons (Fsp3) is 0.300. The van der Waals surface area contributed by atoms with Crippen LogP contribution in [0.3, 0.4) is 0 Å². The van der Waals surface area contributed by atoms with Crippen LogP contribution in [0.15, 0.2) is 35.3 Å². The molecule has 0 radical (unpaired) electrons. The van der Waals surface area contributed by atoms with Crippen LogP contribution < -0.4 is 0 Å². The van der Waals surface area contributed by atoms with Gasteiger partial charge in [0.1, 0.15) is 6.10 Å². The number of aliphatic imine (C=N–C) groups is 1. The smallest absolute Gasteiger partial charge is 0.170 e. The first-order valence-corrected chi connectivity index (χ1v) is 4.10. The van der Waals surface area contributed by atoms with Crippen LogP contribution in [-0.4, -0.2) is 12.4 Å². The van der Waals surface area contributed by atoms with Gasteiger partial charge in [-0.15, -0.1) is 0 Å². The average Bonchev–Trinajstić information content (AvgIpc) is 2.53.